The highest BCUT2D eigenvalue weighted by Gasteiger charge is 2.21. The predicted molar refractivity (Wildman–Crippen MR) is 108 cm³/mol. The second kappa shape index (κ2) is 8.67. The summed E-state index contributed by atoms with van der Waals surface area (Å²) in [5, 5.41) is 9.50. The summed E-state index contributed by atoms with van der Waals surface area (Å²) in [6.45, 7) is 3.70. The summed E-state index contributed by atoms with van der Waals surface area (Å²) in [5.74, 6) is 1.09. The lowest BCUT2D eigenvalue weighted by Crippen LogP contribution is -2.15. The largest absolute Gasteiger partial charge is 0.496 e. The van der Waals surface area contributed by atoms with E-state index in [9.17, 15) is 13.7 Å². The maximum atomic E-state index is 12.8. The first-order chi connectivity index (χ1) is 13.2. The van der Waals surface area contributed by atoms with Gasteiger partial charge in [-0.05, 0) is 31.6 Å². The van der Waals surface area contributed by atoms with Crippen LogP contribution >= 0.6 is 0 Å². The number of hydrogen-bond donors (Lipinski definition) is 1. The van der Waals surface area contributed by atoms with Gasteiger partial charge in [-0.25, -0.2) is 8.42 Å². The van der Waals surface area contributed by atoms with Crippen LogP contribution in [-0.4, -0.2) is 29.7 Å². The summed E-state index contributed by atoms with van der Waals surface area (Å²) >= 11 is 0. The SMILES string of the molecule is COc1cc(OC)c(/C=C(/C#N)S(=O)(=O)Nc2ccc(C)cc2C)c(OC)c1. The highest BCUT2D eigenvalue weighted by molar-refractivity contribution is 7.97. The third kappa shape index (κ3) is 4.56. The lowest BCUT2D eigenvalue weighted by Gasteiger charge is -2.14. The summed E-state index contributed by atoms with van der Waals surface area (Å²) in [6.07, 6.45) is 1.21. The first kappa shape index (κ1) is 21.1. The van der Waals surface area contributed by atoms with Crippen LogP contribution in [0.4, 0.5) is 5.69 Å². The summed E-state index contributed by atoms with van der Waals surface area (Å²) in [6, 6.07) is 10.2. The fourth-order valence-electron chi connectivity index (χ4n) is 2.60. The van der Waals surface area contributed by atoms with Crippen molar-refractivity contribution in [1.82, 2.24) is 0 Å². The van der Waals surface area contributed by atoms with Gasteiger partial charge in [0.15, 0.2) is 4.91 Å². The summed E-state index contributed by atoms with van der Waals surface area (Å²) in [4.78, 5) is -0.478. The molecular weight excluding hydrogens is 380 g/mol. The van der Waals surface area contributed by atoms with Crippen LogP contribution in [0.25, 0.3) is 6.08 Å². The van der Waals surface area contributed by atoms with Crippen molar-refractivity contribution in [2.45, 2.75) is 13.8 Å². The maximum absolute atomic E-state index is 12.8. The molecule has 2 rings (SSSR count). The fraction of sp³-hybridized carbons (Fsp3) is 0.250. The van der Waals surface area contributed by atoms with E-state index in [2.05, 4.69) is 4.72 Å². The van der Waals surface area contributed by atoms with E-state index in [4.69, 9.17) is 14.2 Å². The molecule has 1 N–H and O–H groups in total. The number of methoxy groups -OCH3 is 3. The average molecular weight is 402 g/mol. The maximum Gasteiger partial charge on any atom is 0.272 e. The third-order valence-corrected chi connectivity index (χ3v) is 5.33. The highest BCUT2D eigenvalue weighted by atomic mass is 32.2. The molecule has 0 saturated carbocycles. The Balaban J connectivity index is 2.55. The minimum absolute atomic E-state index is 0.311. The standard InChI is InChI=1S/C20H22N2O5S/c1-13-6-7-18(14(2)8-13)22-28(23,24)16(12-21)11-17-19(26-4)9-15(25-3)10-20(17)27-5/h6-11,22H,1-5H3/b16-11-. The van der Waals surface area contributed by atoms with Gasteiger partial charge in [0.1, 0.15) is 23.3 Å². The van der Waals surface area contributed by atoms with E-state index in [1.807, 2.05) is 13.0 Å². The molecule has 0 spiro atoms. The van der Waals surface area contributed by atoms with E-state index in [0.29, 0.717) is 28.5 Å². The van der Waals surface area contributed by atoms with Gasteiger partial charge in [0, 0.05) is 12.1 Å². The molecule has 0 fully saturated rings. The van der Waals surface area contributed by atoms with Crippen LogP contribution in [-0.2, 0) is 10.0 Å². The van der Waals surface area contributed by atoms with Gasteiger partial charge in [0.25, 0.3) is 10.0 Å². The molecule has 0 saturated heterocycles. The molecule has 2 aromatic rings. The molecule has 0 aliphatic rings. The van der Waals surface area contributed by atoms with Crippen LogP contribution in [0.15, 0.2) is 35.2 Å². The van der Waals surface area contributed by atoms with Gasteiger partial charge in [0.05, 0.1) is 32.6 Å². The predicted octanol–water partition coefficient (Wildman–Crippen LogP) is 3.64. The van der Waals surface area contributed by atoms with Crippen LogP contribution < -0.4 is 18.9 Å². The molecule has 0 aliphatic carbocycles. The molecule has 0 radical (unpaired) electrons. The van der Waals surface area contributed by atoms with Gasteiger partial charge in [-0.3, -0.25) is 4.72 Å². The molecule has 0 aliphatic heterocycles. The molecule has 0 amide bonds. The lowest BCUT2D eigenvalue weighted by atomic mass is 10.1. The number of hydrogen-bond acceptors (Lipinski definition) is 6. The number of anilines is 1. The van der Waals surface area contributed by atoms with E-state index in [-0.39, 0.29) is 0 Å². The number of allylic oxidation sites excluding steroid dienone is 1. The molecule has 0 unspecified atom stereocenters. The van der Waals surface area contributed by atoms with Crippen molar-refractivity contribution in [3.8, 4) is 23.3 Å². The monoisotopic (exact) mass is 402 g/mol. The molecule has 7 nitrogen and oxygen atoms in total. The molecule has 0 atom stereocenters. The summed E-state index contributed by atoms with van der Waals surface area (Å²) < 4.78 is 43.8. The van der Waals surface area contributed by atoms with Crippen molar-refractivity contribution in [1.29, 1.82) is 5.26 Å². The van der Waals surface area contributed by atoms with E-state index in [0.717, 1.165) is 11.1 Å². The number of nitrogens with one attached hydrogen (secondary N) is 1. The van der Waals surface area contributed by atoms with E-state index in [1.54, 1.807) is 37.3 Å². The minimum atomic E-state index is -4.12. The number of nitrogens with zero attached hydrogens (tertiary/aromatic N) is 1. The zero-order valence-corrected chi connectivity index (χ0v) is 17.2. The van der Waals surface area contributed by atoms with E-state index in [1.165, 1.54) is 27.4 Å². The van der Waals surface area contributed by atoms with E-state index >= 15 is 0 Å². The van der Waals surface area contributed by atoms with Crippen molar-refractivity contribution in [3.63, 3.8) is 0 Å². The van der Waals surface area contributed by atoms with Crippen molar-refractivity contribution >= 4 is 21.8 Å². The number of benzene rings is 2. The molecule has 2 aromatic carbocycles. The Labute approximate surface area is 165 Å². The molecule has 148 valence electrons. The number of ether oxygens (including phenoxy) is 3. The second-order valence-corrected chi connectivity index (χ2v) is 7.64. The van der Waals surface area contributed by atoms with Crippen LogP contribution in [0.5, 0.6) is 17.2 Å². The van der Waals surface area contributed by atoms with Crippen molar-refractivity contribution in [2.24, 2.45) is 0 Å². The van der Waals surface area contributed by atoms with Crippen LogP contribution in [0, 0.1) is 25.2 Å². The Morgan fingerprint density at radius 2 is 1.64 bits per heavy atom. The first-order valence-corrected chi connectivity index (χ1v) is 9.76. The van der Waals surface area contributed by atoms with Crippen LogP contribution in [0.3, 0.4) is 0 Å². The first-order valence-electron chi connectivity index (χ1n) is 8.27. The normalized spacial score (nSPS) is 11.5. The third-order valence-electron chi connectivity index (χ3n) is 4.05. The molecule has 0 bridgehead atoms. The van der Waals surface area contributed by atoms with Gasteiger partial charge in [0.2, 0.25) is 0 Å². The Morgan fingerprint density at radius 1 is 1.04 bits per heavy atom. The van der Waals surface area contributed by atoms with E-state index < -0.39 is 14.9 Å². The van der Waals surface area contributed by atoms with Crippen molar-refractivity contribution in [3.05, 3.63) is 51.9 Å². The number of nitriles is 1. The van der Waals surface area contributed by atoms with Gasteiger partial charge < -0.3 is 14.2 Å². The smallest absolute Gasteiger partial charge is 0.272 e. The quantitative estimate of drug-likeness (QED) is 0.710. The molecule has 0 heterocycles. The fourth-order valence-corrected chi connectivity index (χ4v) is 3.63. The van der Waals surface area contributed by atoms with Crippen molar-refractivity contribution in [2.75, 3.05) is 26.1 Å². The molecular formula is C20H22N2O5S. The number of sulfonamides is 1. The van der Waals surface area contributed by atoms with Crippen LogP contribution in [0.1, 0.15) is 16.7 Å². The summed E-state index contributed by atoms with van der Waals surface area (Å²) in [5.41, 5.74) is 2.47. The zero-order chi connectivity index (χ0) is 20.9. The van der Waals surface area contributed by atoms with Gasteiger partial charge in [-0.15, -0.1) is 0 Å². The van der Waals surface area contributed by atoms with Crippen LogP contribution in [0.2, 0.25) is 0 Å². The second-order valence-electron chi connectivity index (χ2n) is 5.99. The molecule has 0 aromatic heterocycles. The van der Waals surface area contributed by atoms with Crippen molar-refractivity contribution < 1.29 is 22.6 Å². The molecule has 8 heteroatoms. The Hall–Kier alpha value is -3.18. The number of rotatable bonds is 7. The topological polar surface area (TPSA) is 97.7 Å². The Kier molecular flexibility index (Phi) is 6.54. The molecule has 28 heavy (non-hydrogen) atoms. The number of aryl methyl sites for hydroxylation is 2. The highest BCUT2D eigenvalue weighted by Crippen LogP contribution is 2.36. The lowest BCUT2D eigenvalue weighted by molar-refractivity contribution is 0.374. The Morgan fingerprint density at radius 3 is 2.11 bits per heavy atom. The Bertz CT molecular complexity index is 1030. The average Bonchev–Trinajstić information content (AvgIpc) is 2.67. The zero-order valence-electron chi connectivity index (χ0n) is 16.4. The summed E-state index contributed by atoms with van der Waals surface area (Å²) in [7, 11) is 0.233. The van der Waals surface area contributed by atoms with Gasteiger partial charge in [-0.2, -0.15) is 5.26 Å². The minimum Gasteiger partial charge on any atom is -0.496 e. The van der Waals surface area contributed by atoms with Gasteiger partial charge >= 0.3 is 0 Å². The van der Waals surface area contributed by atoms with Gasteiger partial charge in [-0.1, -0.05) is 17.7 Å².